The first kappa shape index (κ1) is 17.1. The van der Waals surface area contributed by atoms with Gasteiger partial charge in [0, 0.05) is 11.0 Å². The zero-order chi connectivity index (χ0) is 16.8. The molecule has 0 saturated carbocycles. The quantitative estimate of drug-likeness (QED) is 0.646. The largest absolute Gasteiger partial charge is 0.455 e. The fourth-order valence-electron chi connectivity index (χ4n) is 1.74. The Bertz CT molecular complexity index is 712. The number of nitrogens with zero attached hydrogens (tertiary/aromatic N) is 1. The van der Waals surface area contributed by atoms with Gasteiger partial charge in [0.15, 0.2) is 12.4 Å². The molecule has 1 heterocycles. The number of hydrogen-bond donors (Lipinski definition) is 1. The fourth-order valence-corrected chi connectivity index (χ4v) is 2.53. The summed E-state index contributed by atoms with van der Waals surface area (Å²) in [4.78, 5) is 24.3. The number of aryl methyl sites for hydroxylation is 3. The summed E-state index contributed by atoms with van der Waals surface area (Å²) in [7, 11) is 0. The van der Waals surface area contributed by atoms with Crippen LogP contribution >= 0.6 is 11.8 Å². The zero-order valence-electron chi connectivity index (χ0n) is 13.2. The van der Waals surface area contributed by atoms with Crippen molar-refractivity contribution in [1.29, 1.82) is 0 Å². The Morgan fingerprint density at radius 1 is 1.22 bits per heavy atom. The van der Waals surface area contributed by atoms with Crippen LogP contribution in [-0.2, 0) is 14.3 Å². The van der Waals surface area contributed by atoms with E-state index >= 15 is 0 Å². The van der Waals surface area contributed by atoms with Crippen molar-refractivity contribution in [2.45, 2.75) is 25.7 Å². The molecule has 6 nitrogen and oxygen atoms in total. The summed E-state index contributed by atoms with van der Waals surface area (Å²) in [5, 5.41) is 6.10. The van der Waals surface area contributed by atoms with Crippen molar-refractivity contribution in [2.24, 2.45) is 0 Å². The van der Waals surface area contributed by atoms with E-state index in [9.17, 15) is 9.59 Å². The average molecular weight is 334 g/mol. The number of carbonyl (C=O) groups is 2. The topological polar surface area (TPSA) is 81.4 Å². The Labute approximate surface area is 138 Å². The van der Waals surface area contributed by atoms with Crippen molar-refractivity contribution in [3.05, 3.63) is 41.2 Å². The maximum atomic E-state index is 11.7. The van der Waals surface area contributed by atoms with Crippen molar-refractivity contribution in [3.63, 3.8) is 0 Å². The van der Waals surface area contributed by atoms with E-state index in [1.807, 2.05) is 32.0 Å². The van der Waals surface area contributed by atoms with Crippen LogP contribution in [-0.4, -0.2) is 29.4 Å². The van der Waals surface area contributed by atoms with Gasteiger partial charge in [0.2, 0.25) is 0 Å². The highest BCUT2D eigenvalue weighted by Crippen LogP contribution is 2.21. The van der Waals surface area contributed by atoms with E-state index in [-0.39, 0.29) is 12.4 Å². The second-order valence-electron chi connectivity index (χ2n) is 5.07. The predicted molar refractivity (Wildman–Crippen MR) is 87.5 cm³/mol. The number of benzene rings is 1. The summed E-state index contributed by atoms with van der Waals surface area (Å²) in [6.07, 6.45) is 0. The molecule has 0 aliphatic heterocycles. The molecule has 2 rings (SSSR count). The predicted octanol–water partition coefficient (Wildman–Crippen LogP) is 2.87. The molecule has 1 amide bonds. The normalized spacial score (nSPS) is 10.4. The number of thioether (sulfide) groups is 1. The number of hydrogen-bond acceptors (Lipinski definition) is 6. The number of ether oxygens (including phenoxy) is 1. The Kier molecular flexibility index (Phi) is 5.81. The number of amides is 1. The van der Waals surface area contributed by atoms with Gasteiger partial charge >= 0.3 is 5.97 Å². The van der Waals surface area contributed by atoms with Crippen LogP contribution in [0, 0.1) is 20.8 Å². The average Bonchev–Trinajstić information content (AvgIpc) is 2.91. The number of rotatable bonds is 6. The van der Waals surface area contributed by atoms with E-state index < -0.39 is 11.9 Å². The highest BCUT2D eigenvalue weighted by Gasteiger charge is 2.10. The lowest BCUT2D eigenvalue weighted by atomic mass is 10.1. The lowest BCUT2D eigenvalue weighted by Crippen LogP contribution is -2.21. The van der Waals surface area contributed by atoms with Crippen molar-refractivity contribution < 1.29 is 18.8 Å². The molecule has 0 bridgehead atoms. The minimum Gasteiger partial charge on any atom is -0.455 e. The van der Waals surface area contributed by atoms with Gasteiger partial charge in [0.05, 0.1) is 5.75 Å². The number of nitrogens with one attached hydrogen (secondary N) is 1. The summed E-state index contributed by atoms with van der Waals surface area (Å²) in [6, 6.07) is 7.57. The second kappa shape index (κ2) is 7.82. The van der Waals surface area contributed by atoms with Gasteiger partial charge in [0.25, 0.3) is 5.91 Å². The summed E-state index contributed by atoms with van der Waals surface area (Å²) in [5.41, 5.74) is 2.38. The Morgan fingerprint density at radius 2 is 2.00 bits per heavy atom. The molecule has 0 spiro atoms. The zero-order valence-corrected chi connectivity index (χ0v) is 14.0. The van der Waals surface area contributed by atoms with Crippen LogP contribution in [0.2, 0.25) is 0 Å². The molecule has 1 aromatic heterocycles. The molecule has 1 aromatic carbocycles. The van der Waals surface area contributed by atoms with Crippen LogP contribution in [0.3, 0.4) is 0 Å². The molecule has 7 heteroatoms. The lowest BCUT2D eigenvalue weighted by molar-refractivity contribution is -0.144. The summed E-state index contributed by atoms with van der Waals surface area (Å²) >= 11 is 1.38. The minimum atomic E-state index is -0.456. The molecule has 2 aromatic rings. The maximum Gasteiger partial charge on any atom is 0.316 e. The minimum absolute atomic E-state index is 0.152. The number of aromatic nitrogens is 1. The van der Waals surface area contributed by atoms with Gasteiger partial charge < -0.3 is 14.6 Å². The molecule has 0 aliphatic carbocycles. The van der Waals surface area contributed by atoms with E-state index in [1.54, 1.807) is 13.0 Å². The first-order valence-electron chi connectivity index (χ1n) is 7.03. The van der Waals surface area contributed by atoms with Gasteiger partial charge in [-0.3, -0.25) is 9.59 Å². The molecular weight excluding hydrogens is 316 g/mol. The molecule has 0 unspecified atom stereocenters. The van der Waals surface area contributed by atoms with Gasteiger partial charge in [-0.2, -0.15) is 0 Å². The highest BCUT2D eigenvalue weighted by molar-refractivity contribution is 8.00. The summed E-state index contributed by atoms with van der Waals surface area (Å²) in [5.74, 6) is 0.136. The first-order valence-corrected chi connectivity index (χ1v) is 8.01. The molecule has 0 fully saturated rings. The summed E-state index contributed by atoms with van der Waals surface area (Å²) < 4.78 is 9.75. The van der Waals surface area contributed by atoms with Crippen LogP contribution < -0.4 is 5.32 Å². The molecule has 23 heavy (non-hydrogen) atoms. The van der Waals surface area contributed by atoms with E-state index in [1.165, 1.54) is 22.9 Å². The van der Waals surface area contributed by atoms with Gasteiger partial charge in [-0.05, 0) is 44.0 Å². The van der Waals surface area contributed by atoms with Crippen molar-refractivity contribution in [1.82, 2.24) is 5.16 Å². The number of esters is 1. The highest BCUT2D eigenvalue weighted by atomic mass is 32.2. The SMILES string of the molecule is Cc1cc(NC(=O)COC(=O)CSc2ccc(C)c(C)c2)no1. The van der Waals surface area contributed by atoms with Crippen molar-refractivity contribution in [2.75, 3.05) is 17.7 Å². The maximum absolute atomic E-state index is 11.7. The molecule has 122 valence electrons. The molecule has 0 aliphatic rings. The van der Waals surface area contributed by atoms with Gasteiger partial charge in [-0.25, -0.2) is 0 Å². The van der Waals surface area contributed by atoms with E-state index in [0.29, 0.717) is 11.6 Å². The van der Waals surface area contributed by atoms with Crippen LogP contribution in [0.25, 0.3) is 0 Å². The molecular formula is C16H18N2O4S. The van der Waals surface area contributed by atoms with Crippen LogP contribution in [0.5, 0.6) is 0 Å². The molecule has 0 radical (unpaired) electrons. The first-order chi connectivity index (χ1) is 10.9. The van der Waals surface area contributed by atoms with Gasteiger partial charge in [-0.15, -0.1) is 11.8 Å². The Balaban J connectivity index is 1.72. The van der Waals surface area contributed by atoms with E-state index in [2.05, 4.69) is 10.5 Å². The molecule has 0 saturated heterocycles. The van der Waals surface area contributed by atoms with Crippen LogP contribution in [0.1, 0.15) is 16.9 Å². The molecule has 0 atom stereocenters. The van der Waals surface area contributed by atoms with Crippen LogP contribution in [0.4, 0.5) is 5.82 Å². The third-order valence-corrected chi connectivity index (χ3v) is 4.06. The molecule has 1 N–H and O–H groups in total. The Hall–Kier alpha value is -2.28. The standard InChI is InChI=1S/C16H18N2O4S/c1-10-4-5-13(6-11(10)2)23-9-16(20)21-8-15(19)17-14-7-12(3)22-18-14/h4-7H,8-9H2,1-3H3,(H,17,18,19). The van der Waals surface area contributed by atoms with Crippen molar-refractivity contribution >= 4 is 29.5 Å². The van der Waals surface area contributed by atoms with Gasteiger partial charge in [0.1, 0.15) is 5.76 Å². The third kappa shape index (κ3) is 5.45. The summed E-state index contributed by atoms with van der Waals surface area (Å²) in [6.45, 7) is 5.42. The fraction of sp³-hybridized carbons (Fsp3) is 0.312. The van der Waals surface area contributed by atoms with Gasteiger partial charge in [-0.1, -0.05) is 11.2 Å². The van der Waals surface area contributed by atoms with Crippen molar-refractivity contribution in [3.8, 4) is 0 Å². The van der Waals surface area contributed by atoms with E-state index in [0.717, 1.165) is 4.90 Å². The number of anilines is 1. The third-order valence-electron chi connectivity index (χ3n) is 3.09. The lowest BCUT2D eigenvalue weighted by Gasteiger charge is -2.06. The van der Waals surface area contributed by atoms with Crippen LogP contribution in [0.15, 0.2) is 33.7 Å². The monoisotopic (exact) mass is 334 g/mol. The smallest absolute Gasteiger partial charge is 0.316 e. The number of carbonyl (C=O) groups excluding carboxylic acids is 2. The second-order valence-corrected chi connectivity index (χ2v) is 6.12. The Morgan fingerprint density at radius 3 is 2.65 bits per heavy atom. The van der Waals surface area contributed by atoms with E-state index in [4.69, 9.17) is 9.26 Å².